The maximum Gasteiger partial charge on any atom is 0.163 e. The van der Waals surface area contributed by atoms with E-state index in [2.05, 4.69) is 16.3 Å². The van der Waals surface area contributed by atoms with Crippen LogP contribution in [0.3, 0.4) is 0 Å². The fourth-order valence-corrected chi connectivity index (χ4v) is 4.60. The number of hydrogen-bond acceptors (Lipinski definition) is 5. The Morgan fingerprint density at radius 2 is 2.10 bits per heavy atom. The molecule has 0 amide bonds. The van der Waals surface area contributed by atoms with Crippen molar-refractivity contribution in [2.75, 3.05) is 38.7 Å². The molecule has 1 atom stereocenters. The van der Waals surface area contributed by atoms with E-state index in [4.69, 9.17) is 14.5 Å². The number of likely N-dealkylation sites (tertiary alicyclic amines) is 1. The molecule has 1 saturated heterocycles. The van der Waals surface area contributed by atoms with Crippen LogP contribution in [-0.2, 0) is 12.8 Å². The molecule has 2 aliphatic carbocycles. The van der Waals surface area contributed by atoms with Gasteiger partial charge in [-0.1, -0.05) is 0 Å². The second-order valence-electron chi connectivity index (χ2n) is 8.59. The largest absolute Gasteiger partial charge is 0.493 e. The van der Waals surface area contributed by atoms with Gasteiger partial charge in [0.25, 0.3) is 0 Å². The van der Waals surface area contributed by atoms with E-state index in [0.717, 1.165) is 54.8 Å². The van der Waals surface area contributed by atoms with Gasteiger partial charge >= 0.3 is 0 Å². The van der Waals surface area contributed by atoms with Crippen molar-refractivity contribution in [1.82, 2.24) is 9.88 Å². The van der Waals surface area contributed by atoms with Crippen LogP contribution in [0.25, 0.3) is 10.9 Å². The molecule has 29 heavy (non-hydrogen) atoms. The van der Waals surface area contributed by atoms with Crippen molar-refractivity contribution in [2.45, 2.75) is 57.2 Å². The van der Waals surface area contributed by atoms with Crippen LogP contribution < -0.4 is 14.8 Å². The molecule has 156 valence electrons. The van der Waals surface area contributed by atoms with Crippen LogP contribution in [0.5, 0.6) is 11.5 Å². The lowest BCUT2D eigenvalue weighted by Gasteiger charge is -2.18. The molecular weight excluding hydrogens is 369 g/mol. The van der Waals surface area contributed by atoms with Gasteiger partial charge in [-0.05, 0) is 56.6 Å². The number of anilines is 1. The molecule has 0 radical (unpaired) electrons. The van der Waals surface area contributed by atoms with Crippen molar-refractivity contribution in [2.24, 2.45) is 0 Å². The fourth-order valence-electron chi connectivity index (χ4n) is 4.60. The van der Waals surface area contributed by atoms with E-state index in [1.807, 2.05) is 6.07 Å². The van der Waals surface area contributed by atoms with Crippen LogP contribution in [0.4, 0.5) is 10.1 Å². The first kappa shape index (κ1) is 18.9. The van der Waals surface area contributed by atoms with E-state index >= 15 is 0 Å². The Kier molecular flexibility index (Phi) is 5.20. The molecular formula is C23H30FN3O2. The molecule has 1 aromatic carbocycles. The number of rotatable bonds is 8. The maximum atomic E-state index is 13.3. The van der Waals surface area contributed by atoms with E-state index < -0.39 is 6.17 Å². The van der Waals surface area contributed by atoms with Crippen LogP contribution in [0.2, 0.25) is 0 Å². The second kappa shape index (κ2) is 7.98. The SMILES string of the molecule is COc1cc2c(NC3CC3)c3c(nc2cc1OCCCN1CC[C@H](F)C1)CCC3. The van der Waals surface area contributed by atoms with Gasteiger partial charge in [0.1, 0.15) is 6.17 Å². The predicted molar refractivity (Wildman–Crippen MR) is 113 cm³/mol. The number of pyridine rings is 1. The van der Waals surface area contributed by atoms with Gasteiger partial charge in [-0.2, -0.15) is 0 Å². The lowest BCUT2D eigenvalue weighted by Crippen LogP contribution is -2.23. The maximum absolute atomic E-state index is 13.3. The minimum Gasteiger partial charge on any atom is -0.493 e. The third-order valence-corrected chi connectivity index (χ3v) is 6.31. The summed E-state index contributed by atoms with van der Waals surface area (Å²) in [6.45, 7) is 2.88. The highest BCUT2D eigenvalue weighted by molar-refractivity contribution is 5.96. The molecule has 1 N–H and O–H groups in total. The molecule has 2 aromatic rings. The monoisotopic (exact) mass is 399 g/mol. The molecule has 5 nitrogen and oxygen atoms in total. The van der Waals surface area contributed by atoms with Crippen LogP contribution in [0.1, 0.15) is 43.4 Å². The molecule has 2 fully saturated rings. The number of aryl methyl sites for hydroxylation is 1. The molecule has 2 heterocycles. The van der Waals surface area contributed by atoms with Crippen LogP contribution >= 0.6 is 0 Å². The van der Waals surface area contributed by atoms with Gasteiger partial charge in [-0.15, -0.1) is 0 Å². The van der Waals surface area contributed by atoms with Gasteiger partial charge < -0.3 is 19.7 Å². The molecule has 1 aliphatic heterocycles. The number of methoxy groups -OCH3 is 1. The highest BCUT2D eigenvalue weighted by Crippen LogP contribution is 2.41. The third-order valence-electron chi connectivity index (χ3n) is 6.31. The van der Waals surface area contributed by atoms with Gasteiger partial charge in [0.05, 0.1) is 19.2 Å². The molecule has 1 saturated carbocycles. The first-order valence-electron chi connectivity index (χ1n) is 11.0. The lowest BCUT2D eigenvalue weighted by atomic mass is 10.1. The summed E-state index contributed by atoms with van der Waals surface area (Å²) in [7, 11) is 1.69. The van der Waals surface area contributed by atoms with Crippen molar-refractivity contribution in [3.63, 3.8) is 0 Å². The zero-order valence-electron chi connectivity index (χ0n) is 17.2. The first-order valence-corrected chi connectivity index (χ1v) is 11.0. The van der Waals surface area contributed by atoms with E-state index in [1.54, 1.807) is 7.11 Å². The normalized spacial score (nSPS) is 21.5. The fraction of sp³-hybridized carbons (Fsp3) is 0.609. The number of ether oxygens (including phenoxy) is 2. The summed E-state index contributed by atoms with van der Waals surface area (Å²) in [5, 5.41) is 4.88. The summed E-state index contributed by atoms with van der Waals surface area (Å²) >= 11 is 0. The van der Waals surface area contributed by atoms with Crippen LogP contribution in [0.15, 0.2) is 12.1 Å². The summed E-state index contributed by atoms with van der Waals surface area (Å²) < 4.78 is 25.0. The Morgan fingerprint density at radius 3 is 2.86 bits per heavy atom. The Morgan fingerprint density at radius 1 is 1.21 bits per heavy atom. The number of aromatic nitrogens is 1. The van der Waals surface area contributed by atoms with E-state index in [9.17, 15) is 4.39 Å². The quantitative estimate of drug-likeness (QED) is 0.677. The summed E-state index contributed by atoms with van der Waals surface area (Å²) in [6, 6.07) is 4.70. The zero-order chi connectivity index (χ0) is 19.8. The predicted octanol–water partition coefficient (Wildman–Crippen LogP) is 4.12. The van der Waals surface area contributed by atoms with E-state index in [1.165, 1.54) is 36.2 Å². The number of hydrogen-bond donors (Lipinski definition) is 1. The molecule has 0 unspecified atom stereocenters. The van der Waals surface area contributed by atoms with Gasteiger partial charge in [-0.25, -0.2) is 4.39 Å². The number of benzene rings is 1. The molecule has 3 aliphatic rings. The Balaban J connectivity index is 1.35. The average Bonchev–Trinajstić information content (AvgIpc) is 3.25. The standard InChI is InChI=1S/C23H30FN3O2/c1-28-21-12-18-20(13-22(21)29-11-3-9-27-10-8-15(24)14-27)26-19-5-2-4-17(19)23(18)25-16-6-7-16/h12-13,15-16H,2-11,14H2,1H3,(H,25,26)/t15-/m0/s1. The van der Waals surface area contributed by atoms with Gasteiger partial charge in [0.15, 0.2) is 11.5 Å². The minimum atomic E-state index is -0.664. The molecule has 0 spiro atoms. The van der Waals surface area contributed by atoms with Crippen molar-refractivity contribution >= 4 is 16.6 Å². The van der Waals surface area contributed by atoms with E-state index in [-0.39, 0.29) is 0 Å². The van der Waals surface area contributed by atoms with Crippen LogP contribution in [0, 0.1) is 0 Å². The number of nitrogens with zero attached hydrogens (tertiary/aromatic N) is 2. The van der Waals surface area contributed by atoms with Gasteiger partial charge in [0.2, 0.25) is 0 Å². The van der Waals surface area contributed by atoms with Gasteiger partial charge in [0, 0.05) is 48.5 Å². The smallest absolute Gasteiger partial charge is 0.163 e. The summed E-state index contributed by atoms with van der Waals surface area (Å²) in [4.78, 5) is 7.13. The third kappa shape index (κ3) is 4.00. The highest BCUT2D eigenvalue weighted by atomic mass is 19.1. The molecule has 1 aromatic heterocycles. The Bertz CT molecular complexity index is 900. The zero-order valence-corrected chi connectivity index (χ0v) is 17.2. The van der Waals surface area contributed by atoms with Crippen molar-refractivity contribution in [1.29, 1.82) is 0 Å². The molecule has 0 bridgehead atoms. The lowest BCUT2D eigenvalue weighted by molar-refractivity contribution is 0.243. The minimum absolute atomic E-state index is 0.561. The number of halogens is 1. The van der Waals surface area contributed by atoms with Crippen LogP contribution in [-0.4, -0.2) is 55.4 Å². The molecule has 5 rings (SSSR count). The summed E-state index contributed by atoms with van der Waals surface area (Å²) in [6.07, 6.45) is 6.69. The van der Waals surface area contributed by atoms with E-state index in [0.29, 0.717) is 25.6 Å². The Labute approximate surface area is 171 Å². The first-order chi connectivity index (χ1) is 14.2. The van der Waals surface area contributed by atoms with Crippen molar-refractivity contribution < 1.29 is 13.9 Å². The van der Waals surface area contributed by atoms with Crippen molar-refractivity contribution in [3.05, 3.63) is 23.4 Å². The molecule has 6 heteroatoms. The average molecular weight is 400 g/mol. The highest BCUT2D eigenvalue weighted by Gasteiger charge is 2.27. The topological polar surface area (TPSA) is 46.6 Å². The van der Waals surface area contributed by atoms with Crippen molar-refractivity contribution in [3.8, 4) is 11.5 Å². The Hall–Kier alpha value is -2.08. The number of nitrogens with one attached hydrogen (secondary N) is 1. The summed E-state index contributed by atoms with van der Waals surface area (Å²) in [5.41, 5.74) is 4.84. The number of fused-ring (bicyclic) bond motifs is 2. The second-order valence-corrected chi connectivity index (χ2v) is 8.59. The number of alkyl halides is 1. The summed E-state index contributed by atoms with van der Waals surface area (Å²) in [5.74, 6) is 1.49. The van der Waals surface area contributed by atoms with Gasteiger partial charge in [-0.3, -0.25) is 4.98 Å².